The van der Waals surface area contributed by atoms with Gasteiger partial charge in [-0.3, -0.25) is 0 Å². The zero-order chi connectivity index (χ0) is 10.3. The van der Waals surface area contributed by atoms with Crippen LogP contribution in [-0.4, -0.2) is 43.3 Å². The van der Waals surface area contributed by atoms with Crippen molar-refractivity contribution in [3.05, 3.63) is 0 Å². The van der Waals surface area contributed by atoms with Crippen molar-refractivity contribution in [3.63, 3.8) is 0 Å². The summed E-state index contributed by atoms with van der Waals surface area (Å²) in [6, 6.07) is 0. The molecule has 0 amide bonds. The first-order valence-electron chi connectivity index (χ1n) is 4.67. The van der Waals surface area contributed by atoms with Gasteiger partial charge in [0.25, 0.3) is 0 Å². The number of aliphatic hydroxyl groups is 1. The SMILES string of the molecule is CCN(CC)S(=O)(=O)CCCCO. The highest BCUT2D eigenvalue weighted by atomic mass is 32.2. The number of hydrogen-bond acceptors (Lipinski definition) is 3. The van der Waals surface area contributed by atoms with Gasteiger partial charge in [0.1, 0.15) is 0 Å². The Morgan fingerprint density at radius 3 is 2.08 bits per heavy atom. The van der Waals surface area contributed by atoms with Crippen molar-refractivity contribution in [2.75, 3.05) is 25.4 Å². The normalized spacial score (nSPS) is 12.3. The average molecular weight is 209 g/mol. The third-order valence-electron chi connectivity index (χ3n) is 1.91. The Morgan fingerprint density at radius 2 is 1.69 bits per heavy atom. The minimum absolute atomic E-state index is 0.0633. The summed E-state index contributed by atoms with van der Waals surface area (Å²) in [6.45, 7) is 4.77. The standard InChI is InChI=1S/C8H19NO3S/c1-3-9(4-2)13(11,12)8-6-5-7-10/h10H,3-8H2,1-2H3. The lowest BCUT2D eigenvalue weighted by Gasteiger charge is -2.17. The van der Waals surface area contributed by atoms with E-state index in [1.54, 1.807) is 0 Å². The van der Waals surface area contributed by atoms with Crippen LogP contribution < -0.4 is 0 Å². The summed E-state index contributed by atoms with van der Waals surface area (Å²) in [4.78, 5) is 0. The summed E-state index contributed by atoms with van der Waals surface area (Å²) in [5, 5.41) is 8.51. The molecule has 0 fully saturated rings. The summed E-state index contributed by atoms with van der Waals surface area (Å²) in [7, 11) is -3.07. The summed E-state index contributed by atoms with van der Waals surface area (Å²) in [5.41, 5.74) is 0. The van der Waals surface area contributed by atoms with Crippen LogP contribution in [-0.2, 0) is 10.0 Å². The van der Waals surface area contributed by atoms with Crippen LogP contribution in [0.2, 0.25) is 0 Å². The first-order valence-corrected chi connectivity index (χ1v) is 6.28. The van der Waals surface area contributed by atoms with Crippen molar-refractivity contribution in [1.29, 1.82) is 0 Å². The smallest absolute Gasteiger partial charge is 0.214 e. The molecule has 4 nitrogen and oxygen atoms in total. The lowest BCUT2D eigenvalue weighted by molar-refractivity contribution is 0.287. The van der Waals surface area contributed by atoms with Crippen LogP contribution in [0.3, 0.4) is 0 Å². The second kappa shape index (κ2) is 6.34. The summed E-state index contributed by atoms with van der Waals surface area (Å²) >= 11 is 0. The molecule has 0 bridgehead atoms. The average Bonchev–Trinajstić information content (AvgIpc) is 2.06. The third-order valence-corrected chi connectivity index (χ3v) is 4.02. The molecular formula is C8H19NO3S. The van der Waals surface area contributed by atoms with Gasteiger partial charge in [0, 0.05) is 19.7 Å². The van der Waals surface area contributed by atoms with E-state index < -0.39 is 10.0 Å². The molecule has 80 valence electrons. The predicted molar refractivity (Wildman–Crippen MR) is 53.0 cm³/mol. The van der Waals surface area contributed by atoms with E-state index in [-0.39, 0.29) is 12.4 Å². The molecule has 0 aromatic heterocycles. The van der Waals surface area contributed by atoms with Crippen LogP contribution in [0.5, 0.6) is 0 Å². The minimum Gasteiger partial charge on any atom is -0.396 e. The van der Waals surface area contributed by atoms with E-state index in [0.29, 0.717) is 25.9 Å². The van der Waals surface area contributed by atoms with Gasteiger partial charge < -0.3 is 5.11 Å². The Hall–Kier alpha value is -0.130. The lowest BCUT2D eigenvalue weighted by atomic mass is 10.4. The Kier molecular flexibility index (Phi) is 6.28. The first-order chi connectivity index (χ1) is 6.08. The van der Waals surface area contributed by atoms with Gasteiger partial charge in [0.15, 0.2) is 0 Å². The molecule has 0 aliphatic carbocycles. The topological polar surface area (TPSA) is 57.6 Å². The maximum absolute atomic E-state index is 11.5. The molecule has 13 heavy (non-hydrogen) atoms. The molecule has 0 rings (SSSR count). The monoisotopic (exact) mass is 209 g/mol. The van der Waals surface area contributed by atoms with Gasteiger partial charge in [-0.05, 0) is 12.8 Å². The minimum atomic E-state index is -3.07. The molecule has 0 unspecified atom stereocenters. The van der Waals surface area contributed by atoms with Crippen molar-refractivity contribution in [2.24, 2.45) is 0 Å². The van der Waals surface area contributed by atoms with Gasteiger partial charge in [-0.15, -0.1) is 0 Å². The van der Waals surface area contributed by atoms with E-state index in [1.165, 1.54) is 4.31 Å². The maximum Gasteiger partial charge on any atom is 0.214 e. The van der Waals surface area contributed by atoms with Crippen LogP contribution in [0.4, 0.5) is 0 Å². The molecule has 1 N–H and O–H groups in total. The molecule has 0 saturated heterocycles. The summed E-state index contributed by atoms with van der Waals surface area (Å²) in [5.74, 6) is 0.148. The Balaban J connectivity index is 4.05. The highest BCUT2D eigenvalue weighted by molar-refractivity contribution is 7.89. The number of rotatable bonds is 7. The molecule has 0 spiro atoms. The van der Waals surface area contributed by atoms with Crippen molar-refractivity contribution < 1.29 is 13.5 Å². The molecule has 0 atom stereocenters. The highest BCUT2D eigenvalue weighted by Gasteiger charge is 2.17. The van der Waals surface area contributed by atoms with Gasteiger partial charge in [-0.1, -0.05) is 13.8 Å². The van der Waals surface area contributed by atoms with Gasteiger partial charge >= 0.3 is 0 Å². The van der Waals surface area contributed by atoms with Gasteiger partial charge in [0.05, 0.1) is 5.75 Å². The molecular weight excluding hydrogens is 190 g/mol. The van der Waals surface area contributed by atoms with E-state index in [4.69, 9.17) is 5.11 Å². The second-order valence-corrected chi connectivity index (χ2v) is 4.92. The maximum atomic E-state index is 11.5. The molecule has 0 aromatic carbocycles. The van der Waals surface area contributed by atoms with Crippen LogP contribution in [0, 0.1) is 0 Å². The fourth-order valence-corrected chi connectivity index (χ4v) is 2.76. The van der Waals surface area contributed by atoms with E-state index in [2.05, 4.69) is 0 Å². The molecule has 0 heterocycles. The lowest BCUT2D eigenvalue weighted by Crippen LogP contribution is -2.32. The van der Waals surface area contributed by atoms with E-state index in [9.17, 15) is 8.42 Å². The molecule has 0 saturated carbocycles. The highest BCUT2D eigenvalue weighted by Crippen LogP contribution is 2.03. The van der Waals surface area contributed by atoms with Crippen LogP contribution in [0.15, 0.2) is 0 Å². The molecule has 0 aliphatic rings. The van der Waals surface area contributed by atoms with Crippen molar-refractivity contribution in [1.82, 2.24) is 4.31 Å². The number of sulfonamides is 1. The van der Waals surface area contributed by atoms with E-state index in [1.807, 2.05) is 13.8 Å². The van der Waals surface area contributed by atoms with E-state index >= 15 is 0 Å². The molecule has 0 radical (unpaired) electrons. The van der Waals surface area contributed by atoms with Gasteiger partial charge in [0.2, 0.25) is 10.0 Å². The number of nitrogens with zero attached hydrogens (tertiary/aromatic N) is 1. The molecule has 0 aromatic rings. The Morgan fingerprint density at radius 1 is 1.15 bits per heavy atom. The van der Waals surface area contributed by atoms with Crippen LogP contribution in [0.25, 0.3) is 0 Å². The predicted octanol–water partition coefficient (Wildman–Crippen LogP) is 0.430. The zero-order valence-electron chi connectivity index (χ0n) is 8.36. The third kappa shape index (κ3) is 4.59. The van der Waals surface area contributed by atoms with Crippen LogP contribution in [0.1, 0.15) is 26.7 Å². The Labute approximate surface area is 80.6 Å². The first kappa shape index (κ1) is 12.9. The van der Waals surface area contributed by atoms with Crippen molar-refractivity contribution >= 4 is 10.0 Å². The number of hydrogen-bond donors (Lipinski definition) is 1. The quantitative estimate of drug-likeness (QED) is 0.619. The van der Waals surface area contributed by atoms with Gasteiger partial charge in [-0.25, -0.2) is 12.7 Å². The zero-order valence-corrected chi connectivity index (χ0v) is 9.18. The Bertz CT molecular complexity index is 209. The fraction of sp³-hybridized carbons (Fsp3) is 1.00. The summed E-state index contributed by atoms with van der Waals surface area (Å²) < 4.78 is 24.5. The second-order valence-electron chi connectivity index (χ2n) is 2.83. The largest absolute Gasteiger partial charge is 0.396 e. The fourth-order valence-electron chi connectivity index (χ4n) is 1.14. The van der Waals surface area contributed by atoms with Crippen molar-refractivity contribution in [3.8, 4) is 0 Å². The van der Waals surface area contributed by atoms with Gasteiger partial charge in [-0.2, -0.15) is 0 Å². The summed E-state index contributed by atoms with van der Waals surface area (Å²) in [6.07, 6.45) is 1.09. The number of aliphatic hydroxyl groups excluding tert-OH is 1. The number of unbranched alkanes of at least 4 members (excludes halogenated alkanes) is 1. The molecule has 0 aliphatic heterocycles. The van der Waals surface area contributed by atoms with E-state index in [0.717, 1.165) is 0 Å². The van der Waals surface area contributed by atoms with Crippen molar-refractivity contribution in [2.45, 2.75) is 26.7 Å². The van der Waals surface area contributed by atoms with Crippen LogP contribution >= 0.6 is 0 Å². The molecule has 5 heteroatoms.